The smallest absolute Gasteiger partial charge is 0.280 e. The lowest BCUT2D eigenvalue weighted by molar-refractivity contribution is 0.282. The van der Waals surface area contributed by atoms with Gasteiger partial charge in [-0.3, -0.25) is 4.72 Å². The summed E-state index contributed by atoms with van der Waals surface area (Å²) < 4.78 is 28.9. The van der Waals surface area contributed by atoms with Gasteiger partial charge in [-0.15, -0.1) is 0 Å². The van der Waals surface area contributed by atoms with Crippen LogP contribution in [0, 0.1) is 6.92 Å². The van der Waals surface area contributed by atoms with Crippen LogP contribution in [0.5, 0.6) is 0 Å². The second-order valence-electron chi connectivity index (χ2n) is 5.17. The maximum absolute atomic E-state index is 12.3. The van der Waals surface area contributed by atoms with Gasteiger partial charge in [0.05, 0.1) is 18.6 Å². The van der Waals surface area contributed by atoms with Crippen molar-refractivity contribution in [2.45, 2.75) is 38.4 Å². The van der Waals surface area contributed by atoms with Crippen molar-refractivity contribution >= 4 is 15.7 Å². The Bertz CT molecular complexity index is 736. The first-order valence-corrected chi connectivity index (χ1v) is 8.08. The van der Waals surface area contributed by atoms with Crippen LogP contribution in [-0.4, -0.2) is 23.1 Å². The Morgan fingerprint density at radius 2 is 2.10 bits per heavy atom. The number of aliphatic hydroxyl groups excluding tert-OH is 1. The van der Waals surface area contributed by atoms with E-state index in [9.17, 15) is 8.42 Å². The minimum Gasteiger partial charge on any atom is -0.392 e. The standard InChI is InChI=1S/C14H19N3O3S/c1-10(2)17-7-14(15-9-17)21(19,20)16-13-6-12(8-18)5-4-11(13)3/h4-7,9-10,16,18H,8H2,1-3H3. The van der Waals surface area contributed by atoms with Gasteiger partial charge < -0.3 is 9.67 Å². The van der Waals surface area contributed by atoms with Crippen molar-refractivity contribution in [3.05, 3.63) is 41.9 Å². The molecule has 0 fully saturated rings. The van der Waals surface area contributed by atoms with Crippen molar-refractivity contribution < 1.29 is 13.5 Å². The largest absolute Gasteiger partial charge is 0.392 e. The molecule has 2 N–H and O–H groups in total. The van der Waals surface area contributed by atoms with Gasteiger partial charge in [-0.2, -0.15) is 8.42 Å². The second kappa shape index (κ2) is 5.87. The molecule has 0 radical (unpaired) electrons. The van der Waals surface area contributed by atoms with Crippen molar-refractivity contribution in [1.29, 1.82) is 0 Å². The number of aliphatic hydroxyl groups is 1. The normalized spacial score (nSPS) is 11.9. The molecule has 1 heterocycles. The van der Waals surface area contributed by atoms with E-state index in [-0.39, 0.29) is 17.7 Å². The number of imidazole rings is 1. The van der Waals surface area contributed by atoms with Gasteiger partial charge in [0.2, 0.25) is 0 Å². The molecule has 21 heavy (non-hydrogen) atoms. The van der Waals surface area contributed by atoms with Gasteiger partial charge in [-0.1, -0.05) is 12.1 Å². The first kappa shape index (κ1) is 15.5. The average Bonchev–Trinajstić information content (AvgIpc) is 2.92. The quantitative estimate of drug-likeness (QED) is 0.885. The lowest BCUT2D eigenvalue weighted by Crippen LogP contribution is -2.14. The van der Waals surface area contributed by atoms with Crippen LogP contribution in [0.2, 0.25) is 0 Å². The highest BCUT2D eigenvalue weighted by molar-refractivity contribution is 7.92. The molecule has 0 amide bonds. The van der Waals surface area contributed by atoms with Gasteiger partial charge in [0, 0.05) is 12.2 Å². The molecule has 0 saturated carbocycles. The van der Waals surface area contributed by atoms with E-state index in [0.29, 0.717) is 11.3 Å². The molecule has 0 unspecified atom stereocenters. The fraction of sp³-hybridized carbons (Fsp3) is 0.357. The molecule has 0 aliphatic rings. The Morgan fingerprint density at radius 1 is 1.38 bits per heavy atom. The number of sulfonamides is 1. The van der Waals surface area contributed by atoms with E-state index in [1.807, 2.05) is 13.8 Å². The van der Waals surface area contributed by atoms with E-state index in [0.717, 1.165) is 5.56 Å². The Morgan fingerprint density at radius 3 is 2.67 bits per heavy atom. The summed E-state index contributed by atoms with van der Waals surface area (Å²) in [6, 6.07) is 5.27. The molecule has 114 valence electrons. The molecule has 1 aromatic carbocycles. The van der Waals surface area contributed by atoms with E-state index >= 15 is 0 Å². The lowest BCUT2D eigenvalue weighted by atomic mass is 10.1. The van der Waals surface area contributed by atoms with Gasteiger partial charge >= 0.3 is 0 Å². The molecule has 1 aromatic heterocycles. The number of nitrogens with one attached hydrogen (secondary N) is 1. The van der Waals surface area contributed by atoms with Gasteiger partial charge in [0.15, 0.2) is 5.03 Å². The number of rotatable bonds is 5. The first-order chi connectivity index (χ1) is 9.83. The van der Waals surface area contributed by atoms with Gasteiger partial charge in [0.25, 0.3) is 10.0 Å². The molecule has 0 bridgehead atoms. The summed E-state index contributed by atoms with van der Waals surface area (Å²) in [5.41, 5.74) is 1.87. The number of anilines is 1. The van der Waals surface area contributed by atoms with Crippen LogP contribution >= 0.6 is 0 Å². The van der Waals surface area contributed by atoms with Crippen molar-refractivity contribution in [3.8, 4) is 0 Å². The van der Waals surface area contributed by atoms with E-state index < -0.39 is 10.0 Å². The van der Waals surface area contributed by atoms with Crippen LogP contribution in [0.3, 0.4) is 0 Å². The Kier molecular flexibility index (Phi) is 4.34. The second-order valence-corrected chi connectivity index (χ2v) is 6.80. The third-order valence-electron chi connectivity index (χ3n) is 3.18. The minimum atomic E-state index is -3.74. The average molecular weight is 309 g/mol. The Labute approximate surface area is 124 Å². The summed E-state index contributed by atoms with van der Waals surface area (Å²) >= 11 is 0. The minimum absolute atomic E-state index is 0.0231. The molecule has 0 saturated heterocycles. The van der Waals surface area contributed by atoms with Gasteiger partial charge in [-0.05, 0) is 38.0 Å². The van der Waals surface area contributed by atoms with Crippen molar-refractivity contribution in [3.63, 3.8) is 0 Å². The number of nitrogens with zero attached hydrogens (tertiary/aromatic N) is 2. The Balaban J connectivity index is 2.32. The highest BCUT2D eigenvalue weighted by Gasteiger charge is 2.19. The fourth-order valence-corrected chi connectivity index (χ4v) is 2.87. The van der Waals surface area contributed by atoms with Gasteiger partial charge in [0.1, 0.15) is 0 Å². The zero-order chi connectivity index (χ0) is 15.6. The third-order valence-corrected chi connectivity index (χ3v) is 4.43. The summed E-state index contributed by atoms with van der Waals surface area (Å²) in [5.74, 6) is 0. The zero-order valence-corrected chi connectivity index (χ0v) is 13.1. The SMILES string of the molecule is Cc1ccc(CO)cc1NS(=O)(=O)c1cn(C(C)C)cn1. The molecule has 7 heteroatoms. The molecule has 0 aliphatic heterocycles. The monoisotopic (exact) mass is 309 g/mol. The molecule has 0 atom stereocenters. The van der Waals surface area contributed by atoms with E-state index in [4.69, 9.17) is 5.11 Å². The summed E-state index contributed by atoms with van der Waals surface area (Å²) in [6.45, 7) is 5.55. The third kappa shape index (κ3) is 3.43. The van der Waals surface area contributed by atoms with E-state index in [1.54, 1.807) is 29.7 Å². The predicted molar refractivity (Wildman–Crippen MR) is 80.5 cm³/mol. The van der Waals surface area contributed by atoms with E-state index in [2.05, 4.69) is 9.71 Å². The molecule has 0 spiro atoms. The lowest BCUT2D eigenvalue weighted by Gasteiger charge is -2.10. The van der Waals surface area contributed by atoms with Crippen molar-refractivity contribution in [2.75, 3.05) is 4.72 Å². The molecular formula is C14H19N3O3S. The number of aromatic nitrogens is 2. The summed E-state index contributed by atoms with van der Waals surface area (Å²) in [5, 5.41) is 9.12. The van der Waals surface area contributed by atoms with Crippen molar-refractivity contribution in [2.24, 2.45) is 0 Å². The molecular weight excluding hydrogens is 290 g/mol. The topological polar surface area (TPSA) is 84.2 Å². The molecule has 6 nitrogen and oxygen atoms in total. The maximum atomic E-state index is 12.3. The van der Waals surface area contributed by atoms with Crippen LogP contribution in [0.1, 0.15) is 31.0 Å². The summed E-state index contributed by atoms with van der Waals surface area (Å²) in [4.78, 5) is 3.94. The predicted octanol–water partition coefficient (Wildman–Crippen LogP) is 2.07. The number of benzene rings is 1. The van der Waals surface area contributed by atoms with Crippen LogP contribution in [0.25, 0.3) is 0 Å². The summed E-state index contributed by atoms with van der Waals surface area (Å²) in [7, 11) is -3.74. The van der Waals surface area contributed by atoms with Crippen LogP contribution in [0.15, 0.2) is 35.7 Å². The highest BCUT2D eigenvalue weighted by atomic mass is 32.2. The number of hydrogen-bond acceptors (Lipinski definition) is 4. The zero-order valence-electron chi connectivity index (χ0n) is 12.2. The van der Waals surface area contributed by atoms with Crippen LogP contribution in [-0.2, 0) is 16.6 Å². The maximum Gasteiger partial charge on any atom is 0.280 e. The molecule has 2 rings (SSSR count). The van der Waals surface area contributed by atoms with Crippen LogP contribution in [0.4, 0.5) is 5.69 Å². The van der Waals surface area contributed by atoms with E-state index in [1.165, 1.54) is 12.5 Å². The van der Waals surface area contributed by atoms with Crippen LogP contribution < -0.4 is 4.72 Å². The molecule has 0 aliphatic carbocycles. The van der Waals surface area contributed by atoms with Gasteiger partial charge in [-0.25, -0.2) is 4.98 Å². The number of hydrogen-bond donors (Lipinski definition) is 2. The number of aryl methyl sites for hydroxylation is 1. The Hall–Kier alpha value is -1.86. The first-order valence-electron chi connectivity index (χ1n) is 6.60. The highest BCUT2D eigenvalue weighted by Crippen LogP contribution is 2.21. The fourth-order valence-electron chi connectivity index (χ4n) is 1.81. The summed E-state index contributed by atoms with van der Waals surface area (Å²) in [6.07, 6.45) is 2.99. The molecule has 2 aromatic rings. The van der Waals surface area contributed by atoms with Crippen molar-refractivity contribution in [1.82, 2.24) is 9.55 Å².